The molecular weight excluding hydrogens is 227 g/mol. The second kappa shape index (κ2) is 5.98. The Balaban J connectivity index is 2.85. The summed E-state index contributed by atoms with van der Waals surface area (Å²) in [6.07, 6.45) is -0.845. The van der Waals surface area contributed by atoms with Crippen molar-refractivity contribution in [3.05, 3.63) is 35.6 Å². The van der Waals surface area contributed by atoms with Crippen LogP contribution < -0.4 is 0 Å². The molecule has 0 radical (unpaired) electrons. The molecule has 0 aromatic heterocycles. The maximum atomic E-state index is 12.7. The highest BCUT2D eigenvalue weighted by atomic mass is 19.1. The largest absolute Gasteiger partial charge is 0.469 e. The number of methoxy groups -OCH3 is 1. The van der Waals surface area contributed by atoms with Gasteiger partial charge in [-0.2, -0.15) is 0 Å². The zero-order valence-electron chi connectivity index (χ0n) is 9.60. The molecule has 5 heteroatoms. The van der Waals surface area contributed by atoms with Gasteiger partial charge in [0, 0.05) is 6.92 Å². The van der Waals surface area contributed by atoms with Gasteiger partial charge in [-0.3, -0.25) is 9.59 Å². The first kappa shape index (κ1) is 13.2. The van der Waals surface area contributed by atoms with Crippen molar-refractivity contribution in [2.45, 2.75) is 19.4 Å². The van der Waals surface area contributed by atoms with Crippen LogP contribution in [0.3, 0.4) is 0 Å². The van der Waals surface area contributed by atoms with Crippen molar-refractivity contribution in [1.82, 2.24) is 0 Å². The van der Waals surface area contributed by atoms with E-state index < -0.39 is 23.9 Å². The van der Waals surface area contributed by atoms with Gasteiger partial charge in [-0.05, 0) is 17.7 Å². The van der Waals surface area contributed by atoms with Gasteiger partial charge >= 0.3 is 11.9 Å². The highest BCUT2D eigenvalue weighted by molar-refractivity contribution is 5.71. The fraction of sp³-hybridized carbons (Fsp3) is 0.333. The Kier molecular flexibility index (Phi) is 4.63. The van der Waals surface area contributed by atoms with Crippen LogP contribution in [0, 0.1) is 5.82 Å². The van der Waals surface area contributed by atoms with Gasteiger partial charge in [-0.15, -0.1) is 0 Å². The van der Waals surface area contributed by atoms with Crippen LogP contribution in [0.2, 0.25) is 0 Å². The number of hydrogen-bond donors (Lipinski definition) is 0. The maximum absolute atomic E-state index is 12.7. The van der Waals surface area contributed by atoms with Crippen LogP contribution in [0.25, 0.3) is 0 Å². The van der Waals surface area contributed by atoms with E-state index in [0.717, 1.165) is 0 Å². The van der Waals surface area contributed by atoms with Crippen molar-refractivity contribution < 1.29 is 23.5 Å². The summed E-state index contributed by atoms with van der Waals surface area (Å²) in [4.78, 5) is 22.1. The molecule has 0 saturated heterocycles. The fourth-order valence-electron chi connectivity index (χ4n) is 1.34. The Labute approximate surface area is 98.3 Å². The van der Waals surface area contributed by atoms with E-state index in [0.29, 0.717) is 5.56 Å². The highest BCUT2D eigenvalue weighted by Crippen LogP contribution is 2.22. The van der Waals surface area contributed by atoms with Crippen molar-refractivity contribution in [3.63, 3.8) is 0 Å². The SMILES string of the molecule is COC(=O)CC(OC(C)=O)c1ccc(F)cc1. The minimum atomic E-state index is -0.749. The molecule has 1 unspecified atom stereocenters. The van der Waals surface area contributed by atoms with E-state index in [-0.39, 0.29) is 6.42 Å². The number of benzene rings is 1. The van der Waals surface area contributed by atoms with Crippen molar-refractivity contribution in [2.75, 3.05) is 7.11 Å². The number of carbonyl (C=O) groups is 2. The lowest BCUT2D eigenvalue weighted by Crippen LogP contribution is -2.14. The highest BCUT2D eigenvalue weighted by Gasteiger charge is 2.19. The van der Waals surface area contributed by atoms with E-state index in [2.05, 4.69) is 4.74 Å². The molecule has 0 N–H and O–H groups in total. The average Bonchev–Trinajstić information content (AvgIpc) is 2.28. The summed E-state index contributed by atoms with van der Waals surface area (Å²) in [7, 11) is 1.25. The van der Waals surface area contributed by atoms with Crippen LogP contribution in [0.1, 0.15) is 25.0 Å². The number of carbonyl (C=O) groups excluding carboxylic acids is 2. The number of halogens is 1. The van der Waals surface area contributed by atoms with Gasteiger partial charge in [0.2, 0.25) is 0 Å². The first-order valence-electron chi connectivity index (χ1n) is 5.02. The van der Waals surface area contributed by atoms with Crippen molar-refractivity contribution in [2.24, 2.45) is 0 Å². The molecule has 0 saturated carbocycles. The molecule has 0 fully saturated rings. The summed E-state index contributed by atoms with van der Waals surface area (Å²) >= 11 is 0. The van der Waals surface area contributed by atoms with Crippen LogP contribution in [-0.2, 0) is 19.1 Å². The minimum Gasteiger partial charge on any atom is -0.469 e. The Morgan fingerprint density at radius 1 is 1.29 bits per heavy atom. The third kappa shape index (κ3) is 4.22. The molecule has 0 aliphatic carbocycles. The third-order valence-corrected chi connectivity index (χ3v) is 2.13. The molecule has 0 bridgehead atoms. The van der Waals surface area contributed by atoms with Gasteiger partial charge in [0.1, 0.15) is 11.9 Å². The van der Waals surface area contributed by atoms with Crippen LogP contribution >= 0.6 is 0 Å². The van der Waals surface area contributed by atoms with Gasteiger partial charge < -0.3 is 9.47 Å². The van der Waals surface area contributed by atoms with E-state index in [9.17, 15) is 14.0 Å². The smallest absolute Gasteiger partial charge is 0.309 e. The Morgan fingerprint density at radius 3 is 2.35 bits per heavy atom. The van der Waals surface area contributed by atoms with Gasteiger partial charge in [0.15, 0.2) is 0 Å². The molecule has 92 valence electrons. The minimum absolute atomic E-state index is 0.0955. The zero-order valence-corrected chi connectivity index (χ0v) is 9.60. The average molecular weight is 240 g/mol. The zero-order chi connectivity index (χ0) is 12.8. The molecule has 1 aromatic carbocycles. The van der Waals surface area contributed by atoms with E-state index >= 15 is 0 Å². The summed E-state index contributed by atoms with van der Waals surface area (Å²) in [6, 6.07) is 5.41. The first-order valence-corrected chi connectivity index (χ1v) is 5.02. The van der Waals surface area contributed by atoms with E-state index in [4.69, 9.17) is 4.74 Å². The summed E-state index contributed by atoms with van der Waals surface area (Å²) in [5.74, 6) is -1.41. The normalized spacial score (nSPS) is 11.7. The molecule has 0 spiro atoms. The summed E-state index contributed by atoms with van der Waals surface area (Å²) in [6.45, 7) is 1.24. The van der Waals surface area contributed by atoms with Crippen LogP contribution in [-0.4, -0.2) is 19.0 Å². The number of hydrogen-bond acceptors (Lipinski definition) is 4. The molecule has 1 rings (SSSR count). The van der Waals surface area contributed by atoms with Crippen molar-refractivity contribution in [1.29, 1.82) is 0 Å². The predicted octanol–water partition coefficient (Wildman–Crippen LogP) is 1.99. The standard InChI is InChI=1S/C12H13FO4/c1-8(14)17-11(7-12(15)16-2)9-3-5-10(13)6-4-9/h3-6,11H,7H2,1-2H3. The summed E-state index contributed by atoms with van der Waals surface area (Å²) in [5, 5.41) is 0. The van der Waals surface area contributed by atoms with Gasteiger partial charge in [0.05, 0.1) is 13.5 Å². The third-order valence-electron chi connectivity index (χ3n) is 2.13. The van der Waals surface area contributed by atoms with E-state index in [1.165, 1.54) is 38.3 Å². The second-order valence-corrected chi connectivity index (χ2v) is 3.43. The molecule has 0 amide bonds. The molecule has 0 aliphatic heterocycles. The Morgan fingerprint density at radius 2 is 1.88 bits per heavy atom. The lowest BCUT2D eigenvalue weighted by atomic mass is 10.1. The molecule has 1 aromatic rings. The number of ether oxygens (including phenoxy) is 2. The van der Waals surface area contributed by atoms with Crippen LogP contribution in [0.15, 0.2) is 24.3 Å². The Hall–Kier alpha value is -1.91. The molecular formula is C12H13FO4. The number of esters is 2. The molecule has 4 nitrogen and oxygen atoms in total. The topological polar surface area (TPSA) is 52.6 Å². The van der Waals surface area contributed by atoms with Gasteiger partial charge in [0.25, 0.3) is 0 Å². The van der Waals surface area contributed by atoms with E-state index in [1.807, 2.05) is 0 Å². The molecule has 17 heavy (non-hydrogen) atoms. The molecule has 1 atom stereocenters. The van der Waals surface area contributed by atoms with E-state index in [1.54, 1.807) is 0 Å². The lowest BCUT2D eigenvalue weighted by molar-refractivity contribution is -0.152. The van der Waals surface area contributed by atoms with Crippen molar-refractivity contribution in [3.8, 4) is 0 Å². The fourth-order valence-corrected chi connectivity index (χ4v) is 1.34. The quantitative estimate of drug-likeness (QED) is 0.755. The molecule has 0 heterocycles. The number of rotatable bonds is 4. The lowest BCUT2D eigenvalue weighted by Gasteiger charge is -2.16. The maximum Gasteiger partial charge on any atom is 0.309 e. The Bertz CT molecular complexity index is 399. The predicted molar refractivity (Wildman–Crippen MR) is 57.5 cm³/mol. The first-order chi connectivity index (χ1) is 8.02. The van der Waals surface area contributed by atoms with Crippen LogP contribution in [0.5, 0.6) is 0 Å². The second-order valence-electron chi connectivity index (χ2n) is 3.43. The summed E-state index contributed by atoms with van der Waals surface area (Å²) in [5.41, 5.74) is 0.548. The van der Waals surface area contributed by atoms with Crippen LogP contribution in [0.4, 0.5) is 4.39 Å². The van der Waals surface area contributed by atoms with Crippen molar-refractivity contribution >= 4 is 11.9 Å². The van der Waals surface area contributed by atoms with Gasteiger partial charge in [-0.1, -0.05) is 12.1 Å². The molecule has 0 aliphatic rings. The monoisotopic (exact) mass is 240 g/mol. The summed E-state index contributed by atoms with van der Waals surface area (Å²) < 4.78 is 22.2. The van der Waals surface area contributed by atoms with Gasteiger partial charge in [-0.25, -0.2) is 4.39 Å².